The number of hydrogen-bond donors (Lipinski definition) is 0. The molecule has 1 nitrogen and oxygen atoms in total. The monoisotopic (exact) mass is 276 g/mol. The quantitative estimate of drug-likeness (QED) is 0.540. The highest BCUT2D eigenvalue weighted by molar-refractivity contribution is 5.28. The van der Waals surface area contributed by atoms with E-state index in [4.69, 9.17) is 4.74 Å². The Hall–Kier alpha value is -0.820. The van der Waals surface area contributed by atoms with Crippen LogP contribution in [0.1, 0.15) is 70.9 Å². The number of aryl methyl sites for hydroxylation is 1. The second-order valence-electron chi connectivity index (χ2n) is 6.67. The van der Waals surface area contributed by atoms with E-state index in [1.54, 1.807) is 0 Å². The van der Waals surface area contributed by atoms with Crippen LogP contribution in [0, 0.1) is 0 Å². The van der Waals surface area contributed by atoms with Crippen molar-refractivity contribution in [2.24, 2.45) is 0 Å². The van der Waals surface area contributed by atoms with Gasteiger partial charge in [0, 0.05) is 13.2 Å². The van der Waals surface area contributed by atoms with Gasteiger partial charge in [0.05, 0.1) is 0 Å². The number of ether oxygens (including phenoxy) is 1. The van der Waals surface area contributed by atoms with Crippen LogP contribution in [0.3, 0.4) is 0 Å². The third kappa shape index (κ3) is 7.09. The Morgan fingerprint density at radius 2 is 1.65 bits per heavy atom. The molecule has 0 N–H and O–H groups in total. The zero-order valence-corrected chi connectivity index (χ0v) is 13.9. The van der Waals surface area contributed by atoms with Gasteiger partial charge in [-0.25, -0.2) is 0 Å². The molecule has 0 bridgehead atoms. The highest BCUT2D eigenvalue weighted by Crippen LogP contribution is 2.23. The van der Waals surface area contributed by atoms with E-state index >= 15 is 0 Å². The van der Waals surface area contributed by atoms with E-state index in [2.05, 4.69) is 52.0 Å². The lowest BCUT2D eigenvalue weighted by molar-refractivity contribution is 0.143. The summed E-state index contributed by atoms with van der Waals surface area (Å²) < 4.78 is 5.35. The molecule has 0 heterocycles. The molecule has 1 aromatic rings. The van der Waals surface area contributed by atoms with Crippen LogP contribution < -0.4 is 0 Å². The third-order valence-corrected chi connectivity index (χ3v) is 3.75. The van der Waals surface area contributed by atoms with Gasteiger partial charge >= 0.3 is 0 Å². The molecule has 0 amide bonds. The lowest BCUT2D eigenvalue weighted by Gasteiger charge is -2.19. The number of hydrogen-bond acceptors (Lipinski definition) is 1. The summed E-state index contributed by atoms with van der Waals surface area (Å²) in [4.78, 5) is 0. The fraction of sp³-hybridized carbons (Fsp3) is 0.684. The van der Waals surface area contributed by atoms with Crippen LogP contribution >= 0.6 is 0 Å². The van der Waals surface area contributed by atoms with Gasteiger partial charge in [0.15, 0.2) is 0 Å². The van der Waals surface area contributed by atoms with Gasteiger partial charge in [0.25, 0.3) is 0 Å². The minimum absolute atomic E-state index is 0.259. The van der Waals surface area contributed by atoms with Crippen molar-refractivity contribution in [3.8, 4) is 0 Å². The van der Waals surface area contributed by atoms with Gasteiger partial charge in [-0.15, -0.1) is 0 Å². The van der Waals surface area contributed by atoms with Crippen LogP contribution in [0.25, 0.3) is 0 Å². The first-order valence-corrected chi connectivity index (χ1v) is 8.21. The van der Waals surface area contributed by atoms with Crippen LogP contribution in [0.5, 0.6) is 0 Å². The lowest BCUT2D eigenvalue weighted by Crippen LogP contribution is -2.11. The van der Waals surface area contributed by atoms with Crippen molar-refractivity contribution in [2.75, 3.05) is 13.2 Å². The van der Waals surface area contributed by atoms with Gasteiger partial charge in [0.2, 0.25) is 0 Å². The van der Waals surface area contributed by atoms with Gasteiger partial charge in [0.1, 0.15) is 0 Å². The maximum Gasteiger partial charge on any atom is 0.0465 e. The van der Waals surface area contributed by atoms with Gasteiger partial charge < -0.3 is 4.74 Å². The predicted octanol–water partition coefficient (Wildman–Crippen LogP) is 5.51. The Kier molecular flexibility index (Phi) is 7.91. The van der Waals surface area contributed by atoms with Crippen molar-refractivity contribution in [1.82, 2.24) is 0 Å². The van der Waals surface area contributed by atoms with Crippen molar-refractivity contribution >= 4 is 0 Å². The van der Waals surface area contributed by atoms with Crippen molar-refractivity contribution in [1.29, 1.82) is 0 Å². The van der Waals surface area contributed by atoms with E-state index in [9.17, 15) is 0 Å². The Labute approximate surface area is 125 Å². The number of benzene rings is 1. The summed E-state index contributed by atoms with van der Waals surface area (Å²) in [7, 11) is 0. The first-order valence-electron chi connectivity index (χ1n) is 8.21. The molecule has 20 heavy (non-hydrogen) atoms. The maximum absolute atomic E-state index is 5.35. The van der Waals surface area contributed by atoms with E-state index in [1.807, 2.05) is 0 Å². The summed E-state index contributed by atoms with van der Waals surface area (Å²) in [6.45, 7) is 10.7. The fourth-order valence-corrected chi connectivity index (χ4v) is 2.40. The van der Waals surface area contributed by atoms with Gasteiger partial charge in [-0.3, -0.25) is 0 Å². The smallest absolute Gasteiger partial charge is 0.0465 e. The van der Waals surface area contributed by atoms with Crippen LogP contribution in [0.2, 0.25) is 0 Å². The highest BCUT2D eigenvalue weighted by Gasteiger charge is 2.13. The molecule has 0 unspecified atom stereocenters. The van der Waals surface area contributed by atoms with Gasteiger partial charge in [-0.1, -0.05) is 64.3 Å². The maximum atomic E-state index is 5.35. The lowest BCUT2D eigenvalue weighted by atomic mass is 9.86. The highest BCUT2D eigenvalue weighted by atomic mass is 16.5. The van der Waals surface area contributed by atoms with Crippen molar-refractivity contribution < 1.29 is 4.74 Å². The van der Waals surface area contributed by atoms with Gasteiger partial charge in [-0.2, -0.15) is 0 Å². The fourth-order valence-electron chi connectivity index (χ4n) is 2.40. The predicted molar refractivity (Wildman–Crippen MR) is 88.4 cm³/mol. The standard InChI is InChI=1S/C19H32O/c1-5-20-15-10-8-6-7-9-12-17-13-11-14-18(16-17)19(2,3)4/h11,13-14,16H,5-10,12,15H2,1-4H3. The number of rotatable bonds is 9. The molecule has 0 aliphatic rings. The third-order valence-electron chi connectivity index (χ3n) is 3.75. The zero-order chi connectivity index (χ0) is 14.8. The SMILES string of the molecule is CCOCCCCCCCc1cccc(C(C)(C)C)c1. The molecule has 1 rings (SSSR count). The molecule has 0 aromatic heterocycles. The Morgan fingerprint density at radius 1 is 0.950 bits per heavy atom. The molecular weight excluding hydrogens is 244 g/mol. The van der Waals surface area contributed by atoms with E-state index < -0.39 is 0 Å². The molecule has 0 saturated carbocycles. The Balaban J connectivity index is 2.19. The van der Waals surface area contributed by atoms with Crippen LogP contribution in [-0.2, 0) is 16.6 Å². The van der Waals surface area contributed by atoms with Crippen LogP contribution in [0.15, 0.2) is 24.3 Å². The molecular formula is C19H32O. The summed E-state index contributed by atoms with van der Waals surface area (Å²) >= 11 is 0. The minimum atomic E-state index is 0.259. The van der Waals surface area contributed by atoms with E-state index in [0.29, 0.717) is 0 Å². The molecule has 1 aromatic carbocycles. The van der Waals surface area contributed by atoms with E-state index in [0.717, 1.165) is 13.2 Å². The normalized spacial score (nSPS) is 11.8. The molecule has 114 valence electrons. The van der Waals surface area contributed by atoms with Crippen molar-refractivity contribution in [2.45, 2.75) is 71.6 Å². The molecule has 0 saturated heterocycles. The molecule has 0 spiro atoms. The van der Waals surface area contributed by atoms with Crippen molar-refractivity contribution in [3.63, 3.8) is 0 Å². The molecule has 1 heteroatoms. The topological polar surface area (TPSA) is 9.23 Å². The Morgan fingerprint density at radius 3 is 2.35 bits per heavy atom. The average molecular weight is 276 g/mol. The molecule has 0 aliphatic carbocycles. The van der Waals surface area contributed by atoms with Crippen molar-refractivity contribution in [3.05, 3.63) is 35.4 Å². The van der Waals surface area contributed by atoms with Crippen LogP contribution in [-0.4, -0.2) is 13.2 Å². The molecule has 0 atom stereocenters. The van der Waals surface area contributed by atoms with E-state index in [1.165, 1.54) is 49.7 Å². The summed E-state index contributed by atoms with van der Waals surface area (Å²) in [5.74, 6) is 0. The molecule has 0 fully saturated rings. The average Bonchev–Trinajstić information content (AvgIpc) is 2.41. The molecule has 0 radical (unpaired) electrons. The summed E-state index contributed by atoms with van der Waals surface area (Å²) in [5.41, 5.74) is 3.20. The second-order valence-corrected chi connectivity index (χ2v) is 6.67. The van der Waals surface area contributed by atoms with E-state index in [-0.39, 0.29) is 5.41 Å². The zero-order valence-electron chi connectivity index (χ0n) is 13.9. The van der Waals surface area contributed by atoms with Gasteiger partial charge in [-0.05, 0) is 42.7 Å². The molecule has 0 aliphatic heterocycles. The first-order chi connectivity index (χ1) is 9.54. The summed E-state index contributed by atoms with van der Waals surface area (Å²) in [6.07, 6.45) is 7.73. The first kappa shape index (κ1) is 17.2. The second kappa shape index (κ2) is 9.18. The largest absolute Gasteiger partial charge is 0.382 e. The number of unbranched alkanes of at least 4 members (excludes halogenated alkanes) is 4. The Bertz CT molecular complexity index is 362. The summed E-state index contributed by atoms with van der Waals surface area (Å²) in [6, 6.07) is 9.11. The summed E-state index contributed by atoms with van der Waals surface area (Å²) in [5, 5.41) is 0. The minimum Gasteiger partial charge on any atom is -0.382 e. The van der Waals surface area contributed by atoms with Crippen LogP contribution in [0.4, 0.5) is 0 Å².